The van der Waals surface area contributed by atoms with Crippen molar-refractivity contribution in [2.45, 2.75) is 6.61 Å². The van der Waals surface area contributed by atoms with Crippen molar-refractivity contribution in [1.29, 1.82) is 0 Å². The van der Waals surface area contributed by atoms with Gasteiger partial charge in [0.25, 0.3) is 0 Å². The highest BCUT2D eigenvalue weighted by atomic mass is 35.5. The topological polar surface area (TPSA) is 44.2 Å². The van der Waals surface area contributed by atoms with Gasteiger partial charge >= 0.3 is 0 Å². The number of rotatable bonds is 4. The summed E-state index contributed by atoms with van der Waals surface area (Å²) in [5.41, 5.74) is 1.60. The third kappa shape index (κ3) is 2.97. The van der Waals surface area contributed by atoms with Gasteiger partial charge in [-0.15, -0.1) is 0 Å². The van der Waals surface area contributed by atoms with Gasteiger partial charge in [0.05, 0.1) is 19.4 Å². The zero-order valence-electron chi connectivity index (χ0n) is 10.2. The van der Waals surface area contributed by atoms with Crippen LogP contribution in [0.15, 0.2) is 30.3 Å². The molecule has 4 nitrogen and oxygen atoms in total. The van der Waals surface area contributed by atoms with Crippen LogP contribution in [0.25, 0.3) is 11.4 Å². The summed E-state index contributed by atoms with van der Waals surface area (Å²) in [6.07, 6.45) is 0. The molecule has 0 aliphatic carbocycles. The van der Waals surface area contributed by atoms with E-state index in [1.165, 1.54) is 0 Å². The molecule has 0 unspecified atom stereocenters. The number of hydrogen-bond acceptors (Lipinski definition) is 4. The molecule has 1 aromatic heterocycles. The van der Waals surface area contributed by atoms with E-state index < -0.39 is 0 Å². The van der Waals surface area contributed by atoms with E-state index in [4.69, 9.17) is 21.1 Å². The van der Waals surface area contributed by atoms with Crippen LogP contribution in [-0.4, -0.2) is 24.2 Å². The van der Waals surface area contributed by atoms with Crippen LogP contribution in [0.2, 0.25) is 5.15 Å². The van der Waals surface area contributed by atoms with Crippen molar-refractivity contribution in [3.8, 4) is 17.1 Å². The molecule has 0 spiro atoms. The molecule has 2 rings (SSSR count). The molecule has 94 valence electrons. The maximum atomic E-state index is 5.97. The average molecular weight is 265 g/mol. The van der Waals surface area contributed by atoms with E-state index in [2.05, 4.69) is 9.97 Å². The molecule has 0 saturated carbocycles. The van der Waals surface area contributed by atoms with Gasteiger partial charge < -0.3 is 9.47 Å². The van der Waals surface area contributed by atoms with Gasteiger partial charge in [0, 0.05) is 12.7 Å². The van der Waals surface area contributed by atoms with Crippen LogP contribution in [0.1, 0.15) is 5.69 Å². The smallest absolute Gasteiger partial charge is 0.161 e. The molecule has 0 aliphatic heterocycles. The standard InChI is InChI=1S/C13H13ClN2O2/c1-17-8-10-7-12(14)16-13(15-10)9-4-3-5-11(6-9)18-2/h3-7H,8H2,1-2H3. The predicted octanol–water partition coefficient (Wildman–Crippen LogP) is 2.95. The van der Waals surface area contributed by atoms with Gasteiger partial charge in [0.2, 0.25) is 0 Å². The third-order valence-electron chi connectivity index (χ3n) is 2.37. The van der Waals surface area contributed by atoms with Gasteiger partial charge in [-0.2, -0.15) is 0 Å². The number of nitrogens with zero attached hydrogens (tertiary/aromatic N) is 2. The number of aromatic nitrogens is 2. The summed E-state index contributed by atoms with van der Waals surface area (Å²) in [6, 6.07) is 9.21. The lowest BCUT2D eigenvalue weighted by Crippen LogP contribution is -1.97. The first kappa shape index (κ1) is 12.8. The minimum Gasteiger partial charge on any atom is -0.497 e. The first-order valence-corrected chi connectivity index (χ1v) is 5.77. The fourth-order valence-electron chi connectivity index (χ4n) is 1.58. The minimum atomic E-state index is 0.398. The first-order chi connectivity index (χ1) is 8.72. The van der Waals surface area contributed by atoms with Gasteiger partial charge in [0.1, 0.15) is 10.9 Å². The Morgan fingerprint density at radius 3 is 2.72 bits per heavy atom. The summed E-state index contributed by atoms with van der Waals surface area (Å²) in [5.74, 6) is 1.32. The molecule has 0 amide bonds. The quantitative estimate of drug-likeness (QED) is 0.797. The van der Waals surface area contributed by atoms with Gasteiger partial charge in [-0.1, -0.05) is 23.7 Å². The lowest BCUT2D eigenvalue weighted by atomic mass is 10.2. The van der Waals surface area contributed by atoms with Crippen LogP contribution in [0.3, 0.4) is 0 Å². The number of benzene rings is 1. The molecule has 1 aromatic carbocycles. The Hall–Kier alpha value is -1.65. The fraction of sp³-hybridized carbons (Fsp3) is 0.231. The van der Waals surface area contributed by atoms with E-state index >= 15 is 0 Å². The lowest BCUT2D eigenvalue weighted by Gasteiger charge is -2.06. The van der Waals surface area contributed by atoms with E-state index in [1.807, 2.05) is 24.3 Å². The molecule has 0 fully saturated rings. The fourth-order valence-corrected chi connectivity index (χ4v) is 1.78. The molecule has 18 heavy (non-hydrogen) atoms. The first-order valence-electron chi connectivity index (χ1n) is 5.39. The van der Waals surface area contributed by atoms with Crippen molar-refractivity contribution in [2.75, 3.05) is 14.2 Å². The summed E-state index contributed by atoms with van der Waals surface area (Å²) in [6.45, 7) is 0.402. The van der Waals surface area contributed by atoms with Gasteiger partial charge in [-0.25, -0.2) is 9.97 Å². The van der Waals surface area contributed by atoms with Crippen LogP contribution in [0.5, 0.6) is 5.75 Å². The Balaban J connectivity index is 2.42. The molecule has 0 radical (unpaired) electrons. The number of methoxy groups -OCH3 is 2. The Morgan fingerprint density at radius 2 is 2.00 bits per heavy atom. The van der Waals surface area contributed by atoms with E-state index in [-0.39, 0.29) is 0 Å². The Morgan fingerprint density at radius 1 is 1.17 bits per heavy atom. The maximum Gasteiger partial charge on any atom is 0.161 e. The molecule has 2 aromatic rings. The molecule has 0 atom stereocenters. The van der Waals surface area contributed by atoms with Crippen LogP contribution < -0.4 is 4.74 Å². The highest BCUT2D eigenvalue weighted by Gasteiger charge is 2.06. The van der Waals surface area contributed by atoms with Crippen molar-refractivity contribution in [3.05, 3.63) is 41.2 Å². The van der Waals surface area contributed by atoms with Crippen LogP contribution >= 0.6 is 11.6 Å². The highest BCUT2D eigenvalue weighted by molar-refractivity contribution is 6.29. The van der Waals surface area contributed by atoms with E-state index in [0.29, 0.717) is 17.6 Å². The van der Waals surface area contributed by atoms with Gasteiger partial charge in [0.15, 0.2) is 5.82 Å². The largest absolute Gasteiger partial charge is 0.497 e. The summed E-state index contributed by atoms with van der Waals surface area (Å²) in [5, 5.41) is 0.398. The second kappa shape index (κ2) is 5.80. The summed E-state index contributed by atoms with van der Waals surface area (Å²) in [4.78, 5) is 8.60. The normalized spacial score (nSPS) is 10.4. The van der Waals surface area contributed by atoms with Gasteiger partial charge in [-0.3, -0.25) is 0 Å². The molecule has 0 N–H and O–H groups in total. The molecule has 0 bridgehead atoms. The SMILES string of the molecule is COCc1cc(Cl)nc(-c2cccc(OC)c2)n1. The van der Waals surface area contributed by atoms with E-state index in [0.717, 1.165) is 17.0 Å². The van der Waals surface area contributed by atoms with Crippen LogP contribution in [0.4, 0.5) is 0 Å². The molecule has 0 saturated heterocycles. The average Bonchev–Trinajstić information content (AvgIpc) is 2.38. The van der Waals surface area contributed by atoms with E-state index in [9.17, 15) is 0 Å². The zero-order valence-corrected chi connectivity index (χ0v) is 10.9. The van der Waals surface area contributed by atoms with Crippen molar-refractivity contribution < 1.29 is 9.47 Å². The van der Waals surface area contributed by atoms with E-state index in [1.54, 1.807) is 20.3 Å². The third-order valence-corrected chi connectivity index (χ3v) is 2.56. The second-order valence-electron chi connectivity index (χ2n) is 3.67. The van der Waals surface area contributed by atoms with Crippen molar-refractivity contribution in [3.63, 3.8) is 0 Å². The molecule has 0 aliphatic rings. The lowest BCUT2D eigenvalue weighted by molar-refractivity contribution is 0.181. The van der Waals surface area contributed by atoms with Crippen molar-refractivity contribution >= 4 is 11.6 Å². The second-order valence-corrected chi connectivity index (χ2v) is 4.06. The summed E-state index contributed by atoms with van der Waals surface area (Å²) >= 11 is 5.97. The molecule has 1 heterocycles. The zero-order chi connectivity index (χ0) is 13.0. The number of ether oxygens (including phenoxy) is 2. The van der Waals surface area contributed by atoms with Crippen LogP contribution in [0, 0.1) is 0 Å². The number of hydrogen-bond donors (Lipinski definition) is 0. The Labute approximate surface area is 111 Å². The van der Waals surface area contributed by atoms with Crippen LogP contribution in [-0.2, 0) is 11.3 Å². The highest BCUT2D eigenvalue weighted by Crippen LogP contribution is 2.22. The summed E-state index contributed by atoms with van der Waals surface area (Å²) in [7, 11) is 3.23. The maximum absolute atomic E-state index is 5.97. The summed E-state index contributed by atoms with van der Waals surface area (Å²) < 4.78 is 10.2. The number of halogens is 1. The molecular weight excluding hydrogens is 252 g/mol. The monoisotopic (exact) mass is 264 g/mol. The van der Waals surface area contributed by atoms with Gasteiger partial charge in [-0.05, 0) is 18.2 Å². The van der Waals surface area contributed by atoms with Crippen molar-refractivity contribution in [2.24, 2.45) is 0 Å². The Bertz CT molecular complexity index is 546. The Kier molecular flexibility index (Phi) is 4.12. The predicted molar refractivity (Wildman–Crippen MR) is 69.7 cm³/mol. The minimum absolute atomic E-state index is 0.398. The molecular formula is C13H13ClN2O2. The molecule has 5 heteroatoms. The van der Waals surface area contributed by atoms with Crippen molar-refractivity contribution in [1.82, 2.24) is 9.97 Å².